The molecule has 1 saturated heterocycles. The number of hydrogen-bond donors (Lipinski definition) is 2. The molecule has 2 amide bonds. The Morgan fingerprint density at radius 1 is 1.15 bits per heavy atom. The van der Waals surface area contributed by atoms with Gasteiger partial charge in [-0.3, -0.25) is 20.4 Å². The van der Waals surface area contributed by atoms with Crippen molar-refractivity contribution in [2.75, 3.05) is 18.5 Å². The summed E-state index contributed by atoms with van der Waals surface area (Å²) in [5.41, 5.74) is 3.11. The molecule has 1 aromatic carbocycles. The maximum Gasteiger partial charge on any atom is 0.418 e. The second-order valence-electron chi connectivity index (χ2n) is 7.50. The Hall–Kier alpha value is -2.25. The molecule has 2 N–H and O–H groups in total. The van der Waals surface area contributed by atoms with Crippen LogP contribution in [0, 0.1) is 11.3 Å². The van der Waals surface area contributed by atoms with E-state index in [2.05, 4.69) is 10.9 Å². The molecule has 1 aromatic rings. The van der Waals surface area contributed by atoms with Crippen molar-refractivity contribution in [3.05, 3.63) is 29.8 Å². The molecule has 1 fully saturated rings. The molecule has 1 heterocycles. The van der Waals surface area contributed by atoms with Gasteiger partial charge in [0.1, 0.15) is 0 Å². The SMILES string of the molecule is CC(C)(C)C(=O)N1CCCC(C(=O)NNc2ccccc2C(F)(F)F)C1. The Morgan fingerprint density at radius 3 is 2.42 bits per heavy atom. The molecule has 2 rings (SSSR count). The molecule has 0 spiro atoms. The number of amides is 2. The lowest BCUT2D eigenvalue weighted by molar-refractivity contribution is -0.143. The van der Waals surface area contributed by atoms with Gasteiger partial charge in [-0.15, -0.1) is 0 Å². The normalized spacial score (nSPS) is 18.4. The van der Waals surface area contributed by atoms with Crippen LogP contribution in [0.3, 0.4) is 0 Å². The second-order valence-corrected chi connectivity index (χ2v) is 7.50. The minimum Gasteiger partial charge on any atom is -0.341 e. The van der Waals surface area contributed by atoms with E-state index in [4.69, 9.17) is 0 Å². The summed E-state index contributed by atoms with van der Waals surface area (Å²) in [5, 5.41) is 0. The van der Waals surface area contributed by atoms with Gasteiger partial charge in [0.05, 0.1) is 17.2 Å². The molecule has 1 aliphatic rings. The van der Waals surface area contributed by atoms with E-state index in [-0.39, 0.29) is 18.1 Å². The van der Waals surface area contributed by atoms with E-state index in [0.29, 0.717) is 19.4 Å². The van der Waals surface area contributed by atoms with Crippen LogP contribution in [0.4, 0.5) is 18.9 Å². The number of alkyl halides is 3. The van der Waals surface area contributed by atoms with Crippen LogP contribution in [-0.4, -0.2) is 29.8 Å². The lowest BCUT2D eigenvalue weighted by Crippen LogP contribution is -2.49. The van der Waals surface area contributed by atoms with Crippen molar-refractivity contribution in [2.24, 2.45) is 11.3 Å². The molecular formula is C18H24F3N3O2. The summed E-state index contributed by atoms with van der Waals surface area (Å²) in [4.78, 5) is 26.4. The molecule has 0 bridgehead atoms. The predicted octanol–water partition coefficient (Wildman–Crippen LogP) is 3.43. The van der Waals surface area contributed by atoms with Crippen molar-refractivity contribution in [1.82, 2.24) is 10.3 Å². The Morgan fingerprint density at radius 2 is 1.81 bits per heavy atom. The maximum atomic E-state index is 13.0. The smallest absolute Gasteiger partial charge is 0.341 e. The minimum atomic E-state index is -4.52. The van der Waals surface area contributed by atoms with Crippen LogP contribution in [0.25, 0.3) is 0 Å². The zero-order chi connectivity index (χ0) is 19.5. The van der Waals surface area contributed by atoms with E-state index in [1.54, 1.807) is 4.90 Å². The van der Waals surface area contributed by atoms with Gasteiger partial charge in [0.15, 0.2) is 0 Å². The number of carbonyl (C=O) groups excluding carboxylic acids is 2. The van der Waals surface area contributed by atoms with Crippen molar-refractivity contribution in [3.63, 3.8) is 0 Å². The molecule has 8 heteroatoms. The maximum absolute atomic E-state index is 13.0. The molecule has 0 saturated carbocycles. The Balaban J connectivity index is 2.00. The van der Waals surface area contributed by atoms with Crippen molar-refractivity contribution >= 4 is 17.5 Å². The van der Waals surface area contributed by atoms with Gasteiger partial charge in [-0.05, 0) is 25.0 Å². The summed E-state index contributed by atoms with van der Waals surface area (Å²) in [6, 6.07) is 4.93. The molecule has 0 aliphatic carbocycles. The topological polar surface area (TPSA) is 61.4 Å². The van der Waals surface area contributed by atoms with Crippen molar-refractivity contribution in [3.8, 4) is 0 Å². The largest absolute Gasteiger partial charge is 0.418 e. The Bertz CT molecular complexity index is 668. The number of rotatable bonds is 3. The van der Waals surface area contributed by atoms with Crippen LogP contribution in [-0.2, 0) is 15.8 Å². The van der Waals surface area contributed by atoms with Crippen LogP contribution in [0.1, 0.15) is 39.2 Å². The van der Waals surface area contributed by atoms with Gasteiger partial charge in [0, 0.05) is 18.5 Å². The number of piperidine rings is 1. The average Bonchev–Trinajstić information content (AvgIpc) is 2.57. The summed E-state index contributed by atoms with van der Waals surface area (Å²) in [6.07, 6.45) is -3.25. The van der Waals surface area contributed by atoms with E-state index >= 15 is 0 Å². The molecular weight excluding hydrogens is 347 g/mol. The Kier molecular flexibility index (Phi) is 5.83. The number of benzene rings is 1. The number of nitrogens with zero attached hydrogens (tertiary/aromatic N) is 1. The fraction of sp³-hybridized carbons (Fsp3) is 0.556. The first-order chi connectivity index (χ1) is 12.0. The van der Waals surface area contributed by atoms with Gasteiger partial charge in [0.25, 0.3) is 0 Å². The van der Waals surface area contributed by atoms with E-state index in [0.717, 1.165) is 6.07 Å². The van der Waals surface area contributed by atoms with Gasteiger partial charge >= 0.3 is 6.18 Å². The number of nitrogens with one attached hydrogen (secondary N) is 2. The molecule has 144 valence electrons. The minimum absolute atomic E-state index is 0.0367. The van der Waals surface area contributed by atoms with Crippen molar-refractivity contribution < 1.29 is 22.8 Å². The van der Waals surface area contributed by atoms with E-state index in [1.165, 1.54) is 18.2 Å². The summed E-state index contributed by atoms with van der Waals surface area (Å²) in [7, 11) is 0. The number of halogens is 3. The highest BCUT2D eigenvalue weighted by Crippen LogP contribution is 2.34. The van der Waals surface area contributed by atoms with Gasteiger partial charge in [-0.25, -0.2) is 0 Å². The number of hydrogen-bond acceptors (Lipinski definition) is 3. The number of likely N-dealkylation sites (tertiary alicyclic amines) is 1. The standard InChI is InChI=1S/C18H24F3N3O2/c1-17(2,3)16(26)24-10-6-7-12(11-24)15(25)23-22-14-9-5-4-8-13(14)18(19,20)21/h4-5,8-9,12,22H,6-7,10-11H2,1-3H3,(H,23,25). The van der Waals surface area contributed by atoms with Crippen LogP contribution in [0.5, 0.6) is 0 Å². The first kappa shape index (κ1) is 20.1. The van der Waals surface area contributed by atoms with E-state index in [9.17, 15) is 22.8 Å². The van der Waals surface area contributed by atoms with Gasteiger partial charge < -0.3 is 4.90 Å². The van der Waals surface area contributed by atoms with Crippen molar-refractivity contribution in [2.45, 2.75) is 39.8 Å². The Labute approximate surface area is 150 Å². The molecule has 1 unspecified atom stereocenters. The highest BCUT2D eigenvalue weighted by Gasteiger charge is 2.35. The van der Waals surface area contributed by atoms with Gasteiger partial charge in [0.2, 0.25) is 11.8 Å². The van der Waals surface area contributed by atoms with Gasteiger partial charge in [-0.2, -0.15) is 13.2 Å². The number of para-hydroxylation sites is 1. The van der Waals surface area contributed by atoms with Gasteiger partial charge in [-0.1, -0.05) is 32.9 Å². The summed E-state index contributed by atoms with van der Waals surface area (Å²) < 4.78 is 38.9. The number of anilines is 1. The first-order valence-electron chi connectivity index (χ1n) is 8.51. The monoisotopic (exact) mass is 371 g/mol. The first-order valence-corrected chi connectivity index (χ1v) is 8.51. The lowest BCUT2D eigenvalue weighted by atomic mass is 9.91. The zero-order valence-electron chi connectivity index (χ0n) is 15.1. The lowest BCUT2D eigenvalue weighted by Gasteiger charge is -2.35. The highest BCUT2D eigenvalue weighted by atomic mass is 19.4. The summed E-state index contributed by atoms with van der Waals surface area (Å²) in [6.45, 7) is 6.30. The van der Waals surface area contributed by atoms with Crippen LogP contribution in [0.2, 0.25) is 0 Å². The van der Waals surface area contributed by atoms with Crippen LogP contribution < -0.4 is 10.9 Å². The molecule has 1 aliphatic heterocycles. The highest BCUT2D eigenvalue weighted by molar-refractivity contribution is 5.84. The van der Waals surface area contributed by atoms with Crippen molar-refractivity contribution in [1.29, 1.82) is 0 Å². The van der Waals surface area contributed by atoms with Crippen LogP contribution in [0.15, 0.2) is 24.3 Å². The summed E-state index contributed by atoms with van der Waals surface area (Å²) in [5.74, 6) is -0.917. The fourth-order valence-corrected chi connectivity index (χ4v) is 2.92. The molecule has 0 aromatic heterocycles. The zero-order valence-corrected chi connectivity index (χ0v) is 15.1. The fourth-order valence-electron chi connectivity index (χ4n) is 2.92. The van der Waals surface area contributed by atoms with Crippen LogP contribution >= 0.6 is 0 Å². The third-order valence-corrected chi connectivity index (χ3v) is 4.27. The van der Waals surface area contributed by atoms with E-state index < -0.39 is 29.0 Å². The second kappa shape index (κ2) is 7.55. The molecule has 1 atom stereocenters. The third-order valence-electron chi connectivity index (χ3n) is 4.27. The molecule has 26 heavy (non-hydrogen) atoms. The quantitative estimate of drug-likeness (QED) is 0.801. The third kappa shape index (κ3) is 4.89. The number of carbonyl (C=O) groups is 2. The number of hydrazine groups is 1. The molecule has 5 nitrogen and oxygen atoms in total. The van der Waals surface area contributed by atoms with E-state index in [1.807, 2.05) is 20.8 Å². The molecule has 0 radical (unpaired) electrons. The average molecular weight is 371 g/mol. The predicted molar refractivity (Wildman–Crippen MR) is 92.0 cm³/mol. The summed E-state index contributed by atoms with van der Waals surface area (Å²) >= 11 is 0.